The highest BCUT2D eigenvalue weighted by molar-refractivity contribution is 6.08. The fourth-order valence-electron chi connectivity index (χ4n) is 2.43. The number of nitrogens with zero attached hydrogens (tertiary/aromatic N) is 1. The molecule has 0 aliphatic rings. The number of aromatic amines is 1. The van der Waals surface area contributed by atoms with Gasteiger partial charge in [0, 0.05) is 16.3 Å². The summed E-state index contributed by atoms with van der Waals surface area (Å²) in [4.78, 5) is 19.0. The first kappa shape index (κ1) is 15.3. The van der Waals surface area contributed by atoms with Crippen molar-refractivity contribution in [2.45, 2.75) is 25.6 Å². The third kappa shape index (κ3) is 2.86. The Morgan fingerprint density at radius 3 is 2.70 bits per heavy atom. The van der Waals surface area contributed by atoms with E-state index in [2.05, 4.69) is 14.7 Å². The third-order valence-electron chi connectivity index (χ3n) is 3.58. The van der Waals surface area contributed by atoms with E-state index in [-0.39, 0.29) is 12.1 Å². The van der Waals surface area contributed by atoms with E-state index in [4.69, 9.17) is 0 Å². The zero-order valence-corrected chi connectivity index (χ0v) is 12.1. The van der Waals surface area contributed by atoms with E-state index in [9.17, 15) is 18.0 Å². The molecule has 3 rings (SSSR count). The smallest absolute Gasteiger partial charge is 0.425 e. The molecular formula is C16H13F3N2O2. The van der Waals surface area contributed by atoms with E-state index in [0.717, 1.165) is 10.9 Å². The van der Waals surface area contributed by atoms with Crippen LogP contribution in [0, 0.1) is 0 Å². The molecule has 0 saturated carbocycles. The zero-order chi connectivity index (χ0) is 16.6. The molecule has 4 nitrogen and oxygen atoms in total. The number of halogens is 3. The summed E-state index contributed by atoms with van der Waals surface area (Å²) in [6.45, 7) is 1.31. The molecule has 23 heavy (non-hydrogen) atoms. The van der Waals surface area contributed by atoms with Crippen LogP contribution in [0.4, 0.5) is 13.2 Å². The number of H-pyrrole nitrogens is 1. The number of carbonyl (C=O) groups excluding carboxylic acids is 1. The van der Waals surface area contributed by atoms with Crippen molar-refractivity contribution in [1.82, 2.24) is 9.97 Å². The van der Waals surface area contributed by atoms with Crippen molar-refractivity contribution in [2.75, 3.05) is 0 Å². The minimum absolute atomic E-state index is 0.148. The number of para-hydroxylation sites is 1. The Kier molecular flexibility index (Phi) is 3.71. The molecule has 0 bridgehead atoms. The van der Waals surface area contributed by atoms with Gasteiger partial charge in [0.15, 0.2) is 6.10 Å². The van der Waals surface area contributed by atoms with Gasteiger partial charge in [-0.3, -0.25) is 0 Å². The van der Waals surface area contributed by atoms with Crippen molar-refractivity contribution in [3.8, 4) is 0 Å². The van der Waals surface area contributed by atoms with Gasteiger partial charge in [0.1, 0.15) is 5.69 Å². The minimum atomic E-state index is -4.59. The van der Waals surface area contributed by atoms with Gasteiger partial charge in [-0.1, -0.05) is 25.1 Å². The molecule has 3 aromatic rings. The highest BCUT2D eigenvalue weighted by Crippen LogP contribution is 2.28. The summed E-state index contributed by atoms with van der Waals surface area (Å²) in [7, 11) is 0. The maximum absolute atomic E-state index is 12.7. The lowest BCUT2D eigenvalue weighted by Crippen LogP contribution is -2.33. The summed E-state index contributed by atoms with van der Waals surface area (Å²) in [5.74, 6) is -1.08. The van der Waals surface area contributed by atoms with Crippen LogP contribution >= 0.6 is 0 Å². The van der Waals surface area contributed by atoms with Gasteiger partial charge in [0.05, 0.1) is 11.7 Å². The first-order valence-corrected chi connectivity index (χ1v) is 7.04. The SMILES string of the molecule is CCC(OC(=O)c1cc2c(cn1)[nH]c1ccccc12)C(F)(F)F. The van der Waals surface area contributed by atoms with Gasteiger partial charge in [0.2, 0.25) is 0 Å². The van der Waals surface area contributed by atoms with Gasteiger partial charge >= 0.3 is 12.1 Å². The standard InChI is InChI=1S/C16H13F3N2O2/c1-2-14(16(17,18)19)23-15(22)12-7-10-9-5-3-4-6-11(9)21-13(10)8-20-12/h3-8,14,21H,2H2,1H3. The molecule has 2 heterocycles. The normalized spacial score (nSPS) is 13.4. The Balaban J connectivity index is 1.96. The molecule has 0 radical (unpaired) electrons. The highest BCUT2D eigenvalue weighted by atomic mass is 19.4. The fourth-order valence-corrected chi connectivity index (χ4v) is 2.43. The van der Waals surface area contributed by atoms with E-state index < -0.39 is 18.2 Å². The van der Waals surface area contributed by atoms with Crippen molar-refractivity contribution in [1.29, 1.82) is 0 Å². The highest BCUT2D eigenvalue weighted by Gasteiger charge is 2.41. The average Bonchev–Trinajstić information content (AvgIpc) is 2.89. The lowest BCUT2D eigenvalue weighted by atomic mass is 10.1. The average molecular weight is 322 g/mol. The number of benzene rings is 1. The number of fused-ring (bicyclic) bond motifs is 3. The number of alkyl halides is 3. The monoisotopic (exact) mass is 322 g/mol. The molecule has 1 atom stereocenters. The quantitative estimate of drug-likeness (QED) is 0.735. The molecule has 0 aliphatic carbocycles. The van der Waals surface area contributed by atoms with Gasteiger partial charge in [-0.05, 0) is 18.6 Å². The van der Waals surface area contributed by atoms with Crippen LogP contribution in [0.5, 0.6) is 0 Å². The van der Waals surface area contributed by atoms with Crippen molar-refractivity contribution < 1.29 is 22.7 Å². The summed E-state index contributed by atoms with van der Waals surface area (Å²) < 4.78 is 42.7. The molecule has 0 aliphatic heterocycles. The Morgan fingerprint density at radius 2 is 2.00 bits per heavy atom. The van der Waals surface area contributed by atoms with Crippen LogP contribution in [-0.4, -0.2) is 28.2 Å². The lowest BCUT2D eigenvalue weighted by Gasteiger charge is -2.18. The third-order valence-corrected chi connectivity index (χ3v) is 3.58. The Morgan fingerprint density at radius 1 is 1.26 bits per heavy atom. The zero-order valence-electron chi connectivity index (χ0n) is 12.1. The number of carbonyl (C=O) groups is 1. The maximum Gasteiger partial charge on any atom is 0.425 e. The minimum Gasteiger partial charge on any atom is -0.448 e. The van der Waals surface area contributed by atoms with Crippen LogP contribution in [0.25, 0.3) is 21.8 Å². The largest absolute Gasteiger partial charge is 0.448 e. The molecule has 0 fully saturated rings. The Hall–Kier alpha value is -2.57. The Bertz CT molecular complexity index is 871. The number of pyridine rings is 1. The lowest BCUT2D eigenvalue weighted by molar-refractivity contribution is -0.204. The number of hydrogen-bond donors (Lipinski definition) is 1. The molecule has 0 spiro atoms. The molecule has 7 heteroatoms. The summed E-state index contributed by atoms with van der Waals surface area (Å²) in [6.07, 6.45) is -5.64. The first-order chi connectivity index (χ1) is 10.9. The van der Waals surface area contributed by atoms with Crippen LogP contribution in [0.3, 0.4) is 0 Å². The van der Waals surface area contributed by atoms with E-state index in [1.165, 1.54) is 19.2 Å². The van der Waals surface area contributed by atoms with Gasteiger partial charge in [0.25, 0.3) is 0 Å². The molecule has 1 N–H and O–H groups in total. The van der Waals surface area contributed by atoms with E-state index in [1.807, 2.05) is 24.3 Å². The van der Waals surface area contributed by atoms with E-state index in [1.54, 1.807) is 0 Å². The van der Waals surface area contributed by atoms with E-state index in [0.29, 0.717) is 10.9 Å². The molecule has 0 saturated heterocycles. The number of esters is 1. The van der Waals surface area contributed by atoms with Crippen molar-refractivity contribution in [3.63, 3.8) is 0 Å². The number of nitrogens with one attached hydrogen (secondary N) is 1. The van der Waals surface area contributed by atoms with Gasteiger partial charge in [-0.25, -0.2) is 9.78 Å². The van der Waals surface area contributed by atoms with Crippen LogP contribution in [0.1, 0.15) is 23.8 Å². The number of ether oxygens (including phenoxy) is 1. The molecule has 120 valence electrons. The first-order valence-electron chi connectivity index (χ1n) is 7.04. The summed E-state index contributed by atoms with van der Waals surface area (Å²) >= 11 is 0. The number of aromatic nitrogens is 2. The molecule has 1 unspecified atom stereocenters. The summed E-state index contributed by atoms with van der Waals surface area (Å²) in [5.41, 5.74) is 1.41. The van der Waals surface area contributed by atoms with E-state index >= 15 is 0 Å². The second kappa shape index (κ2) is 5.57. The predicted octanol–water partition coefficient (Wildman–Crippen LogP) is 4.21. The van der Waals surface area contributed by atoms with Gasteiger partial charge in [-0.2, -0.15) is 13.2 Å². The molecule has 2 aromatic heterocycles. The van der Waals surface area contributed by atoms with Crippen molar-refractivity contribution in [3.05, 3.63) is 42.2 Å². The van der Waals surface area contributed by atoms with Crippen molar-refractivity contribution >= 4 is 27.8 Å². The van der Waals surface area contributed by atoms with Crippen LogP contribution in [-0.2, 0) is 4.74 Å². The van der Waals surface area contributed by atoms with Gasteiger partial charge < -0.3 is 9.72 Å². The molecule has 0 amide bonds. The van der Waals surface area contributed by atoms with Crippen molar-refractivity contribution in [2.24, 2.45) is 0 Å². The van der Waals surface area contributed by atoms with Crippen LogP contribution < -0.4 is 0 Å². The fraction of sp³-hybridized carbons (Fsp3) is 0.250. The number of hydrogen-bond acceptors (Lipinski definition) is 3. The summed E-state index contributed by atoms with van der Waals surface area (Å²) in [5, 5.41) is 1.57. The van der Waals surface area contributed by atoms with Crippen LogP contribution in [0.2, 0.25) is 0 Å². The maximum atomic E-state index is 12.7. The Labute approximate surface area is 129 Å². The second-order valence-electron chi connectivity index (χ2n) is 5.13. The van der Waals surface area contributed by atoms with Gasteiger partial charge in [-0.15, -0.1) is 0 Å². The predicted molar refractivity (Wildman–Crippen MR) is 79.1 cm³/mol. The van der Waals surface area contributed by atoms with Crippen LogP contribution in [0.15, 0.2) is 36.5 Å². The number of rotatable bonds is 3. The summed E-state index contributed by atoms with van der Waals surface area (Å²) in [6, 6.07) is 8.86. The topological polar surface area (TPSA) is 55.0 Å². The second-order valence-corrected chi connectivity index (χ2v) is 5.13. The molecule has 1 aromatic carbocycles. The molecular weight excluding hydrogens is 309 g/mol.